The molecule has 0 aliphatic heterocycles. The molecule has 0 saturated carbocycles. The van der Waals surface area contributed by atoms with Crippen molar-refractivity contribution >= 4 is 43.6 Å². The maximum absolute atomic E-state index is 6.49. The molecule has 0 saturated heterocycles. The first-order valence-electron chi connectivity index (χ1n) is 12.8. The molecule has 0 spiro atoms. The van der Waals surface area contributed by atoms with Crippen molar-refractivity contribution in [2.45, 2.75) is 26.2 Å². The van der Waals surface area contributed by atoms with Gasteiger partial charge in [-0.2, -0.15) is 0 Å². The Hall–Kier alpha value is -4.43. The van der Waals surface area contributed by atoms with Crippen molar-refractivity contribution in [1.29, 1.82) is 0 Å². The standard InChI is InChI=1S/C35H27NO/c1-35(2,3)24-19-28-26-15-9-10-16-32(26)37-34(28)29(20-24)31-21-27(22-11-5-4-6-12-22)33-25-14-8-7-13-23(25)17-18-30(33)36-31/h4-21H,1-3H3. The third kappa shape index (κ3) is 3.52. The molecule has 0 amide bonds. The first kappa shape index (κ1) is 21.8. The highest BCUT2D eigenvalue weighted by molar-refractivity contribution is 6.15. The molecule has 0 fully saturated rings. The van der Waals surface area contributed by atoms with Gasteiger partial charge in [-0.05, 0) is 63.2 Å². The van der Waals surface area contributed by atoms with E-state index in [-0.39, 0.29) is 5.41 Å². The van der Waals surface area contributed by atoms with Crippen LogP contribution in [0.15, 0.2) is 114 Å². The Balaban J connectivity index is 1.62. The van der Waals surface area contributed by atoms with Crippen LogP contribution in [0.2, 0.25) is 0 Å². The van der Waals surface area contributed by atoms with Gasteiger partial charge >= 0.3 is 0 Å². The van der Waals surface area contributed by atoms with Crippen molar-refractivity contribution in [1.82, 2.24) is 4.98 Å². The molecular formula is C35H27NO. The Morgan fingerprint density at radius 3 is 2.16 bits per heavy atom. The molecule has 178 valence electrons. The molecule has 2 aromatic heterocycles. The summed E-state index contributed by atoms with van der Waals surface area (Å²) in [6.07, 6.45) is 0. The second-order valence-corrected chi connectivity index (χ2v) is 10.9. The Morgan fingerprint density at radius 1 is 0.622 bits per heavy atom. The van der Waals surface area contributed by atoms with Crippen molar-refractivity contribution < 1.29 is 4.42 Å². The van der Waals surface area contributed by atoms with E-state index in [9.17, 15) is 0 Å². The number of hydrogen-bond donors (Lipinski definition) is 0. The Labute approximate surface area is 216 Å². The summed E-state index contributed by atoms with van der Waals surface area (Å²) >= 11 is 0. The van der Waals surface area contributed by atoms with E-state index in [0.29, 0.717) is 0 Å². The van der Waals surface area contributed by atoms with Crippen LogP contribution in [-0.4, -0.2) is 4.98 Å². The zero-order valence-corrected chi connectivity index (χ0v) is 21.2. The molecule has 0 aliphatic carbocycles. The maximum atomic E-state index is 6.49. The second-order valence-electron chi connectivity index (χ2n) is 10.9. The third-order valence-electron chi connectivity index (χ3n) is 7.40. The summed E-state index contributed by atoms with van der Waals surface area (Å²) in [6, 6.07) is 38.6. The molecule has 0 atom stereocenters. The van der Waals surface area contributed by atoms with E-state index >= 15 is 0 Å². The number of nitrogens with zero attached hydrogens (tertiary/aromatic N) is 1. The average molecular weight is 478 g/mol. The van der Waals surface area contributed by atoms with Crippen LogP contribution in [0.25, 0.3) is 66.0 Å². The van der Waals surface area contributed by atoms with Gasteiger partial charge in [-0.15, -0.1) is 0 Å². The highest BCUT2D eigenvalue weighted by Crippen LogP contribution is 2.42. The minimum absolute atomic E-state index is 0.0172. The van der Waals surface area contributed by atoms with Gasteiger partial charge in [0.2, 0.25) is 0 Å². The highest BCUT2D eigenvalue weighted by atomic mass is 16.3. The molecule has 7 rings (SSSR count). The number of rotatable bonds is 2. The quantitative estimate of drug-likeness (QED) is 0.232. The highest BCUT2D eigenvalue weighted by Gasteiger charge is 2.22. The van der Waals surface area contributed by atoms with Crippen molar-refractivity contribution in [2.75, 3.05) is 0 Å². The summed E-state index contributed by atoms with van der Waals surface area (Å²) in [5.41, 5.74) is 8.35. The van der Waals surface area contributed by atoms with E-state index in [0.717, 1.165) is 38.7 Å². The Morgan fingerprint density at radius 2 is 1.35 bits per heavy atom. The predicted molar refractivity (Wildman–Crippen MR) is 156 cm³/mol. The van der Waals surface area contributed by atoms with Crippen LogP contribution in [-0.2, 0) is 5.41 Å². The molecular weight excluding hydrogens is 450 g/mol. The van der Waals surface area contributed by atoms with Crippen molar-refractivity contribution in [3.63, 3.8) is 0 Å². The fourth-order valence-electron chi connectivity index (χ4n) is 5.44. The van der Waals surface area contributed by atoms with Gasteiger partial charge in [-0.3, -0.25) is 0 Å². The summed E-state index contributed by atoms with van der Waals surface area (Å²) in [5.74, 6) is 0. The fourth-order valence-corrected chi connectivity index (χ4v) is 5.44. The zero-order valence-electron chi connectivity index (χ0n) is 21.2. The number of benzene rings is 5. The van der Waals surface area contributed by atoms with Crippen LogP contribution < -0.4 is 0 Å². The van der Waals surface area contributed by atoms with Gasteiger partial charge in [0.25, 0.3) is 0 Å². The number of aromatic nitrogens is 1. The lowest BCUT2D eigenvalue weighted by molar-refractivity contribution is 0.590. The van der Waals surface area contributed by atoms with Crippen LogP contribution in [0.3, 0.4) is 0 Å². The minimum Gasteiger partial charge on any atom is -0.455 e. The molecule has 0 bridgehead atoms. The van der Waals surface area contributed by atoms with Gasteiger partial charge in [0, 0.05) is 21.7 Å². The first-order chi connectivity index (χ1) is 18.0. The fraction of sp³-hybridized carbons (Fsp3) is 0.114. The first-order valence-corrected chi connectivity index (χ1v) is 12.8. The zero-order chi connectivity index (χ0) is 25.1. The van der Waals surface area contributed by atoms with Crippen molar-refractivity contribution in [3.8, 4) is 22.4 Å². The molecule has 5 aromatic carbocycles. The minimum atomic E-state index is -0.0172. The van der Waals surface area contributed by atoms with E-state index in [1.807, 2.05) is 12.1 Å². The number of hydrogen-bond acceptors (Lipinski definition) is 2. The van der Waals surface area contributed by atoms with Crippen molar-refractivity contribution in [2.24, 2.45) is 0 Å². The lowest BCUT2D eigenvalue weighted by Gasteiger charge is -2.20. The van der Waals surface area contributed by atoms with Crippen LogP contribution in [0, 0.1) is 0 Å². The number of fused-ring (bicyclic) bond motifs is 6. The predicted octanol–water partition coefficient (Wildman–Crippen LogP) is 9.92. The summed E-state index contributed by atoms with van der Waals surface area (Å²) < 4.78 is 6.49. The van der Waals surface area contributed by atoms with E-state index in [1.165, 1.54) is 32.8 Å². The van der Waals surface area contributed by atoms with Crippen LogP contribution in [0.1, 0.15) is 26.3 Å². The summed E-state index contributed by atoms with van der Waals surface area (Å²) in [7, 11) is 0. The van der Waals surface area contributed by atoms with Gasteiger partial charge in [0.15, 0.2) is 0 Å². The largest absolute Gasteiger partial charge is 0.455 e. The number of para-hydroxylation sites is 1. The SMILES string of the molecule is CC(C)(C)c1cc(-c2cc(-c3ccccc3)c3c(ccc4ccccc43)n2)c2oc3ccccc3c2c1. The molecule has 0 aliphatic rings. The molecule has 0 radical (unpaired) electrons. The maximum Gasteiger partial charge on any atom is 0.144 e. The van der Waals surface area contributed by atoms with E-state index in [4.69, 9.17) is 9.40 Å². The van der Waals surface area contributed by atoms with Gasteiger partial charge in [-0.1, -0.05) is 99.6 Å². The lowest BCUT2D eigenvalue weighted by Crippen LogP contribution is -2.11. The monoisotopic (exact) mass is 477 g/mol. The molecule has 0 N–H and O–H groups in total. The Bertz CT molecular complexity index is 1960. The molecule has 2 heterocycles. The van der Waals surface area contributed by atoms with Crippen LogP contribution >= 0.6 is 0 Å². The smallest absolute Gasteiger partial charge is 0.144 e. The molecule has 7 aromatic rings. The lowest BCUT2D eigenvalue weighted by atomic mass is 9.84. The molecule has 37 heavy (non-hydrogen) atoms. The number of pyridine rings is 1. The van der Waals surface area contributed by atoms with E-state index < -0.39 is 0 Å². The van der Waals surface area contributed by atoms with E-state index in [2.05, 4.69) is 118 Å². The molecule has 2 nitrogen and oxygen atoms in total. The third-order valence-corrected chi connectivity index (χ3v) is 7.40. The molecule has 2 heteroatoms. The van der Waals surface area contributed by atoms with Crippen LogP contribution in [0.5, 0.6) is 0 Å². The average Bonchev–Trinajstić information content (AvgIpc) is 3.30. The van der Waals surface area contributed by atoms with Crippen molar-refractivity contribution in [3.05, 3.63) is 115 Å². The van der Waals surface area contributed by atoms with Crippen LogP contribution in [0.4, 0.5) is 0 Å². The normalized spacial score (nSPS) is 12.2. The summed E-state index contributed by atoms with van der Waals surface area (Å²) in [5, 5.41) is 5.90. The Kier molecular flexibility index (Phi) is 4.74. The van der Waals surface area contributed by atoms with Gasteiger partial charge < -0.3 is 4.42 Å². The molecule has 0 unspecified atom stereocenters. The van der Waals surface area contributed by atoms with Gasteiger partial charge in [0.1, 0.15) is 11.2 Å². The number of furan rings is 1. The van der Waals surface area contributed by atoms with E-state index in [1.54, 1.807) is 0 Å². The summed E-state index contributed by atoms with van der Waals surface area (Å²) in [6.45, 7) is 6.78. The second kappa shape index (κ2) is 8.04. The topological polar surface area (TPSA) is 26.0 Å². The van der Waals surface area contributed by atoms with Gasteiger partial charge in [-0.25, -0.2) is 4.98 Å². The summed E-state index contributed by atoms with van der Waals surface area (Å²) in [4.78, 5) is 5.27. The van der Waals surface area contributed by atoms with Gasteiger partial charge in [0.05, 0.1) is 11.2 Å².